The first-order valence-electron chi connectivity index (χ1n) is 7.23. The van der Waals surface area contributed by atoms with Crippen LogP contribution in [0.2, 0.25) is 0 Å². The summed E-state index contributed by atoms with van der Waals surface area (Å²) in [4.78, 5) is 0.432. The number of nitrogens with two attached hydrogens (primary N) is 1. The molecule has 110 valence electrons. The summed E-state index contributed by atoms with van der Waals surface area (Å²) in [6.07, 6.45) is 4.95. The van der Waals surface area contributed by atoms with Crippen LogP contribution in [-0.4, -0.2) is 24.3 Å². The molecule has 0 spiro atoms. The summed E-state index contributed by atoms with van der Waals surface area (Å²) in [6, 6.07) is 3.98. The second-order valence-corrected chi connectivity index (χ2v) is 5.87. The van der Waals surface area contributed by atoms with E-state index in [2.05, 4.69) is 0 Å². The van der Waals surface area contributed by atoms with Crippen LogP contribution in [-0.2, 0) is 4.74 Å². The molecule has 0 aromatic heterocycles. The van der Waals surface area contributed by atoms with Gasteiger partial charge in [0.15, 0.2) is 0 Å². The molecule has 0 radical (unpaired) electrons. The second kappa shape index (κ2) is 7.04. The molecule has 1 aliphatic heterocycles. The van der Waals surface area contributed by atoms with Gasteiger partial charge in [0, 0.05) is 12.2 Å². The van der Waals surface area contributed by atoms with E-state index in [1.54, 1.807) is 0 Å². The summed E-state index contributed by atoms with van der Waals surface area (Å²) in [6.45, 7) is 5.71. The average molecular weight is 293 g/mol. The van der Waals surface area contributed by atoms with Crippen molar-refractivity contribution in [2.45, 2.75) is 45.6 Å². The maximum atomic E-state index is 5.92. The minimum Gasteiger partial charge on any atom is -0.493 e. The highest BCUT2D eigenvalue weighted by atomic mass is 32.1. The van der Waals surface area contributed by atoms with E-state index in [1.807, 2.05) is 26.0 Å². The van der Waals surface area contributed by atoms with Crippen molar-refractivity contribution in [1.29, 1.82) is 0 Å². The molecule has 1 atom stereocenters. The molecule has 2 N–H and O–H groups in total. The molecule has 4 heteroatoms. The first kappa shape index (κ1) is 15.3. The van der Waals surface area contributed by atoms with Gasteiger partial charge in [0.2, 0.25) is 0 Å². The molecule has 3 nitrogen and oxygen atoms in total. The SMILES string of the molecule is Cc1cc(C(N)=S)cc(C)c1OCCCC1CCCO1. The van der Waals surface area contributed by atoms with Crippen LogP contribution in [0.5, 0.6) is 5.75 Å². The number of ether oxygens (including phenoxy) is 2. The van der Waals surface area contributed by atoms with Crippen molar-refractivity contribution < 1.29 is 9.47 Å². The fraction of sp³-hybridized carbons (Fsp3) is 0.562. The molecule has 1 heterocycles. The lowest BCUT2D eigenvalue weighted by Crippen LogP contribution is -2.11. The number of aryl methyl sites for hydroxylation is 2. The first-order valence-corrected chi connectivity index (χ1v) is 7.64. The zero-order valence-electron chi connectivity index (χ0n) is 12.3. The zero-order valence-corrected chi connectivity index (χ0v) is 13.1. The normalized spacial score (nSPS) is 18.2. The van der Waals surface area contributed by atoms with Gasteiger partial charge in [-0.1, -0.05) is 12.2 Å². The molecule has 1 fully saturated rings. The van der Waals surface area contributed by atoms with Crippen molar-refractivity contribution in [2.24, 2.45) is 5.73 Å². The van der Waals surface area contributed by atoms with Crippen molar-refractivity contribution in [3.05, 3.63) is 28.8 Å². The van der Waals surface area contributed by atoms with Crippen LogP contribution in [0.1, 0.15) is 42.4 Å². The third kappa shape index (κ3) is 3.93. The number of thiocarbonyl (C=S) groups is 1. The Hall–Kier alpha value is -1.13. The molecular formula is C16H23NO2S. The van der Waals surface area contributed by atoms with Crippen LogP contribution in [0.4, 0.5) is 0 Å². The van der Waals surface area contributed by atoms with Gasteiger partial charge in [-0.3, -0.25) is 0 Å². The summed E-state index contributed by atoms with van der Waals surface area (Å²) in [5.74, 6) is 0.956. The molecule has 2 rings (SSSR count). The van der Waals surface area contributed by atoms with Crippen molar-refractivity contribution in [1.82, 2.24) is 0 Å². The van der Waals surface area contributed by atoms with Crippen LogP contribution in [0, 0.1) is 13.8 Å². The summed E-state index contributed by atoms with van der Waals surface area (Å²) in [5, 5.41) is 0. The highest BCUT2D eigenvalue weighted by Gasteiger charge is 2.15. The predicted octanol–water partition coefficient (Wildman–Crippen LogP) is 3.28. The number of hydrogen-bond donors (Lipinski definition) is 1. The lowest BCUT2D eigenvalue weighted by molar-refractivity contribution is 0.0980. The van der Waals surface area contributed by atoms with Crippen molar-refractivity contribution in [3.63, 3.8) is 0 Å². The largest absolute Gasteiger partial charge is 0.493 e. The third-order valence-corrected chi connectivity index (χ3v) is 3.92. The molecular weight excluding hydrogens is 270 g/mol. The van der Waals surface area contributed by atoms with Crippen LogP contribution < -0.4 is 10.5 Å². The van der Waals surface area contributed by atoms with Gasteiger partial charge in [0.25, 0.3) is 0 Å². The molecule has 0 bridgehead atoms. The molecule has 1 saturated heterocycles. The van der Waals surface area contributed by atoms with Crippen LogP contribution in [0.3, 0.4) is 0 Å². The van der Waals surface area contributed by atoms with E-state index in [4.69, 9.17) is 27.4 Å². The van der Waals surface area contributed by atoms with Crippen LogP contribution >= 0.6 is 12.2 Å². The minimum atomic E-state index is 0.432. The minimum absolute atomic E-state index is 0.432. The van der Waals surface area contributed by atoms with Gasteiger partial charge in [0.05, 0.1) is 12.7 Å². The van der Waals surface area contributed by atoms with Crippen LogP contribution in [0.15, 0.2) is 12.1 Å². The molecule has 0 aliphatic carbocycles. The fourth-order valence-electron chi connectivity index (χ4n) is 2.68. The monoisotopic (exact) mass is 293 g/mol. The molecule has 1 unspecified atom stereocenters. The smallest absolute Gasteiger partial charge is 0.125 e. The zero-order chi connectivity index (χ0) is 14.5. The van der Waals surface area contributed by atoms with E-state index >= 15 is 0 Å². The Kier molecular flexibility index (Phi) is 5.38. The Morgan fingerprint density at radius 1 is 1.40 bits per heavy atom. The van der Waals surface area contributed by atoms with E-state index in [9.17, 15) is 0 Å². The molecule has 20 heavy (non-hydrogen) atoms. The average Bonchev–Trinajstić information content (AvgIpc) is 2.89. The lowest BCUT2D eigenvalue weighted by Gasteiger charge is -2.15. The van der Waals surface area contributed by atoms with Gasteiger partial charge in [0.1, 0.15) is 10.7 Å². The van der Waals surface area contributed by atoms with Gasteiger partial charge in [-0.05, 0) is 62.8 Å². The molecule has 1 aromatic rings. The highest BCUT2D eigenvalue weighted by Crippen LogP contribution is 2.25. The van der Waals surface area contributed by atoms with E-state index in [0.29, 0.717) is 11.1 Å². The highest BCUT2D eigenvalue weighted by molar-refractivity contribution is 7.80. The topological polar surface area (TPSA) is 44.5 Å². The van der Waals surface area contributed by atoms with E-state index < -0.39 is 0 Å². The van der Waals surface area contributed by atoms with Gasteiger partial charge in [-0.15, -0.1) is 0 Å². The Balaban J connectivity index is 1.87. The van der Waals surface area contributed by atoms with Crippen molar-refractivity contribution in [3.8, 4) is 5.75 Å². The summed E-state index contributed by atoms with van der Waals surface area (Å²) in [7, 11) is 0. The standard InChI is InChI=1S/C16H23NO2S/c1-11-9-13(16(17)20)10-12(2)15(11)19-8-4-6-14-5-3-7-18-14/h9-10,14H,3-8H2,1-2H3,(H2,17,20). The fourth-order valence-corrected chi connectivity index (χ4v) is 2.80. The third-order valence-electron chi connectivity index (χ3n) is 3.69. The maximum Gasteiger partial charge on any atom is 0.125 e. The Morgan fingerprint density at radius 3 is 2.65 bits per heavy atom. The number of benzene rings is 1. The van der Waals surface area contributed by atoms with Gasteiger partial charge < -0.3 is 15.2 Å². The van der Waals surface area contributed by atoms with Crippen molar-refractivity contribution in [2.75, 3.05) is 13.2 Å². The Bertz CT molecular complexity index is 458. The van der Waals surface area contributed by atoms with E-state index in [0.717, 1.165) is 48.5 Å². The number of rotatable bonds is 6. The summed E-state index contributed by atoms with van der Waals surface area (Å²) in [5.41, 5.74) is 8.75. The van der Waals surface area contributed by atoms with Gasteiger partial charge in [-0.2, -0.15) is 0 Å². The molecule has 1 aromatic carbocycles. The lowest BCUT2D eigenvalue weighted by atomic mass is 10.1. The van der Waals surface area contributed by atoms with Crippen molar-refractivity contribution >= 4 is 17.2 Å². The van der Waals surface area contributed by atoms with E-state index in [1.165, 1.54) is 12.8 Å². The number of hydrogen-bond acceptors (Lipinski definition) is 3. The molecule has 0 saturated carbocycles. The van der Waals surface area contributed by atoms with Gasteiger partial charge >= 0.3 is 0 Å². The summed E-state index contributed by atoms with van der Waals surface area (Å²) < 4.78 is 11.5. The molecule has 1 aliphatic rings. The molecule has 0 amide bonds. The Morgan fingerprint density at radius 2 is 2.10 bits per heavy atom. The predicted molar refractivity (Wildman–Crippen MR) is 85.5 cm³/mol. The van der Waals surface area contributed by atoms with Crippen LogP contribution in [0.25, 0.3) is 0 Å². The Labute approximate surface area is 126 Å². The van der Waals surface area contributed by atoms with E-state index in [-0.39, 0.29) is 0 Å². The maximum absolute atomic E-state index is 5.92. The second-order valence-electron chi connectivity index (χ2n) is 5.43. The quantitative estimate of drug-likeness (QED) is 0.646. The van der Waals surface area contributed by atoms with Gasteiger partial charge in [-0.25, -0.2) is 0 Å². The summed E-state index contributed by atoms with van der Waals surface area (Å²) >= 11 is 5.02. The first-order chi connectivity index (χ1) is 9.58.